The van der Waals surface area contributed by atoms with Crippen molar-refractivity contribution in [3.05, 3.63) is 17.8 Å². The van der Waals surface area contributed by atoms with Gasteiger partial charge in [0.15, 0.2) is 5.75 Å². The highest BCUT2D eigenvalue weighted by atomic mass is 19.3. The van der Waals surface area contributed by atoms with E-state index in [-0.39, 0.29) is 18.8 Å². The number of pyridine rings is 1. The van der Waals surface area contributed by atoms with Crippen molar-refractivity contribution in [1.29, 1.82) is 0 Å². The van der Waals surface area contributed by atoms with Crippen molar-refractivity contribution in [1.82, 2.24) is 4.98 Å². The van der Waals surface area contributed by atoms with Crippen LogP contribution in [0, 0.1) is 12.8 Å². The summed E-state index contributed by atoms with van der Waals surface area (Å²) < 4.78 is 36.9. The van der Waals surface area contributed by atoms with Gasteiger partial charge in [-0.25, -0.2) is 13.8 Å². The van der Waals surface area contributed by atoms with Crippen LogP contribution in [0.25, 0.3) is 0 Å². The molecule has 0 N–H and O–H groups in total. The summed E-state index contributed by atoms with van der Waals surface area (Å²) in [6.45, 7) is 2.31. The van der Waals surface area contributed by atoms with Gasteiger partial charge in [-0.15, -0.1) is 0 Å². The van der Waals surface area contributed by atoms with Gasteiger partial charge in [0.05, 0.1) is 13.7 Å². The van der Waals surface area contributed by atoms with Gasteiger partial charge in [0.1, 0.15) is 0 Å². The normalized spacial score (nSPS) is 19.2. The third-order valence-electron chi connectivity index (χ3n) is 3.47. The molecule has 5 heteroatoms. The van der Waals surface area contributed by atoms with E-state index >= 15 is 0 Å². The number of methoxy groups -OCH3 is 1. The largest absolute Gasteiger partial charge is 0.488 e. The van der Waals surface area contributed by atoms with Crippen molar-refractivity contribution in [2.75, 3.05) is 13.7 Å². The molecule has 0 aromatic carbocycles. The Morgan fingerprint density at radius 3 is 2.63 bits per heavy atom. The monoisotopic (exact) mass is 271 g/mol. The molecular formula is C14H19F2NO2. The van der Waals surface area contributed by atoms with Crippen molar-refractivity contribution in [2.24, 2.45) is 5.92 Å². The van der Waals surface area contributed by atoms with Crippen LogP contribution in [0.2, 0.25) is 0 Å². The predicted octanol–water partition coefficient (Wildman–Crippen LogP) is 3.60. The van der Waals surface area contributed by atoms with Crippen LogP contribution >= 0.6 is 0 Å². The van der Waals surface area contributed by atoms with E-state index in [1.807, 2.05) is 13.0 Å². The van der Waals surface area contributed by atoms with Crippen LogP contribution in [-0.2, 0) is 0 Å². The molecule has 1 aliphatic carbocycles. The van der Waals surface area contributed by atoms with Gasteiger partial charge in [0.25, 0.3) is 5.88 Å². The Labute approximate surface area is 111 Å². The van der Waals surface area contributed by atoms with Crippen LogP contribution in [0.1, 0.15) is 31.4 Å². The Morgan fingerprint density at radius 2 is 2.00 bits per heavy atom. The van der Waals surface area contributed by atoms with E-state index in [1.54, 1.807) is 6.07 Å². The van der Waals surface area contributed by atoms with Crippen molar-refractivity contribution in [2.45, 2.75) is 38.5 Å². The smallest absolute Gasteiger partial charge is 0.256 e. The maximum atomic E-state index is 13.0. The lowest BCUT2D eigenvalue weighted by atomic mass is 9.87. The molecule has 0 unspecified atom stereocenters. The van der Waals surface area contributed by atoms with Gasteiger partial charge in [-0.3, -0.25) is 0 Å². The third-order valence-corrected chi connectivity index (χ3v) is 3.47. The maximum absolute atomic E-state index is 13.0. The Balaban J connectivity index is 1.89. The minimum absolute atomic E-state index is 0.0374. The Hall–Kier alpha value is -1.39. The highest BCUT2D eigenvalue weighted by Gasteiger charge is 2.35. The van der Waals surface area contributed by atoms with E-state index in [0.29, 0.717) is 31.1 Å². The summed E-state index contributed by atoms with van der Waals surface area (Å²) in [6, 6.07) is 3.64. The molecule has 0 aliphatic heterocycles. The first-order valence-corrected chi connectivity index (χ1v) is 6.52. The first kappa shape index (κ1) is 14.0. The number of aryl methyl sites for hydroxylation is 1. The number of halogens is 2. The van der Waals surface area contributed by atoms with Gasteiger partial charge in [-0.2, -0.15) is 0 Å². The zero-order valence-corrected chi connectivity index (χ0v) is 11.3. The molecule has 1 aliphatic rings. The molecule has 2 rings (SSSR count). The van der Waals surface area contributed by atoms with Gasteiger partial charge >= 0.3 is 0 Å². The molecule has 1 saturated carbocycles. The van der Waals surface area contributed by atoms with Crippen molar-refractivity contribution < 1.29 is 18.3 Å². The molecule has 1 aromatic heterocycles. The van der Waals surface area contributed by atoms with E-state index in [9.17, 15) is 8.78 Å². The van der Waals surface area contributed by atoms with Crippen LogP contribution in [0.3, 0.4) is 0 Å². The second-order valence-corrected chi connectivity index (χ2v) is 5.07. The number of rotatable bonds is 4. The van der Waals surface area contributed by atoms with E-state index in [1.165, 1.54) is 7.11 Å². The number of nitrogens with zero attached hydrogens (tertiary/aromatic N) is 1. The van der Waals surface area contributed by atoms with Crippen LogP contribution in [0.5, 0.6) is 11.6 Å². The van der Waals surface area contributed by atoms with Crippen LogP contribution in [-0.4, -0.2) is 24.6 Å². The molecule has 1 heterocycles. The lowest BCUT2D eigenvalue weighted by molar-refractivity contribution is -0.0499. The van der Waals surface area contributed by atoms with Crippen molar-refractivity contribution in [3.8, 4) is 11.6 Å². The highest BCUT2D eigenvalue weighted by molar-refractivity contribution is 5.34. The lowest BCUT2D eigenvalue weighted by Gasteiger charge is -2.28. The van der Waals surface area contributed by atoms with Crippen LogP contribution < -0.4 is 9.47 Å². The minimum atomic E-state index is -2.49. The molecule has 1 fully saturated rings. The third kappa shape index (κ3) is 3.78. The summed E-state index contributed by atoms with van der Waals surface area (Å²) in [4.78, 5) is 4.21. The Morgan fingerprint density at radius 1 is 1.32 bits per heavy atom. The highest BCUT2D eigenvalue weighted by Crippen LogP contribution is 2.36. The zero-order chi connectivity index (χ0) is 13.9. The first-order valence-electron chi connectivity index (χ1n) is 6.52. The summed E-state index contributed by atoms with van der Waals surface area (Å²) in [5, 5.41) is 0. The van der Waals surface area contributed by atoms with Crippen molar-refractivity contribution >= 4 is 0 Å². The Bertz CT molecular complexity index is 427. The number of aromatic nitrogens is 1. The molecule has 19 heavy (non-hydrogen) atoms. The Kier molecular flexibility index (Phi) is 4.22. The predicted molar refractivity (Wildman–Crippen MR) is 67.9 cm³/mol. The topological polar surface area (TPSA) is 31.4 Å². The van der Waals surface area contributed by atoms with Gasteiger partial charge in [-0.1, -0.05) is 0 Å². The maximum Gasteiger partial charge on any atom is 0.256 e. The van der Waals surface area contributed by atoms with E-state index < -0.39 is 5.92 Å². The molecular weight excluding hydrogens is 252 g/mol. The van der Waals surface area contributed by atoms with E-state index in [2.05, 4.69) is 4.98 Å². The average Bonchev–Trinajstić information content (AvgIpc) is 2.38. The lowest BCUT2D eigenvalue weighted by Crippen LogP contribution is -2.27. The van der Waals surface area contributed by atoms with Gasteiger partial charge in [-0.05, 0) is 37.8 Å². The van der Waals surface area contributed by atoms with Crippen molar-refractivity contribution in [3.63, 3.8) is 0 Å². The number of alkyl halides is 2. The van der Waals surface area contributed by atoms with E-state index in [4.69, 9.17) is 9.47 Å². The first-order chi connectivity index (χ1) is 9.00. The minimum Gasteiger partial charge on any atom is -0.488 e. The standard InChI is InChI=1S/C14H19F2NO2/c1-10-3-4-12(13(17-10)18-2)19-9-11-5-7-14(15,16)8-6-11/h3-4,11H,5-9H2,1-2H3. The second kappa shape index (κ2) is 5.72. The fourth-order valence-electron chi connectivity index (χ4n) is 2.25. The molecule has 0 atom stereocenters. The number of hydrogen-bond donors (Lipinski definition) is 0. The zero-order valence-electron chi connectivity index (χ0n) is 11.3. The van der Waals surface area contributed by atoms with Gasteiger partial charge in [0.2, 0.25) is 5.92 Å². The molecule has 0 spiro atoms. The average molecular weight is 271 g/mol. The molecule has 3 nitrogen and oxygen atoms in total. The molecule has 0 amide bonds. The molecule has 106 valence electrons. The van der Waals surface area contributed by atoms with Gasteiger partial charge in [0, 0.05) is 18.5 Å². The summed E-state index contributed by atoms with van der Waals surface area (Å²) in [7, 11) is 1.54. The molecule has 0 saturated heterocycles. The molecule has 0 radical (unpaired) electrons. The molecule has 0 bridgehead atoms. The fourth-order valence-corrected chi connectivity index (χ4v) is 2.25. The summed E-state index contributed by atoms with van der Waals surface area (Å²) in [5.41, 5.74) is 0.849. The number of ether oxygens (including phenoxy) is 2. The fraction of sp³-hybridized carbons (Fsp3) is 0.643. The van der Waals surface area contributed by atoms with E-state index in [0.717, 1.165) is 5.69 Å². The summed E-state index contributed by atoms with van der Waals surface area (Å²) in [6.07, 6.45) is 0.942. The SMILES string of the molecule is COc1nc(C)ccc1OCC1CCC(F)(F)CC1. The number of hydrogen-bond acceptors (Lipinski definition) is 3. The quantitative estimate of drug-likeness (QED) is 0.838. The molecule has 1 aromatic rings. The summed E-state index contributed by atoms with van der Waals surface area (Å²) >= 11 is 0. The second-order valence-electron chi connectivity index (χ2n) is 5.07. The van der Waals surface area contributed by atoms with Gasteiger partial charge < -0.3 is 9.47 Å². The van der Waals surface area contributed by atoms with Crippen LogP contribution in [0.15, 0.2) is 12.1 Å². The van der Waals surface area contributed by atoms with Crippen LogP contribution in [0.4, 0.5) is 8.78 Å². The summed E-state index contributed by atoms with van der Waals surface area (Å²) in [5.74, 6) is -1.28.